The predicted molar refractivity (Wildman–Crippen MR) is 77.9 cm³/mol. The molecule has 1 aliphatic rings. The van der Waals surface area contributed by atoms with Crippen molar-refractivity contribution in [2.24, 2.45) is 5.92 Å². The third kappa shape index (κ3) is 2.31. The van der Waals surface area contributed by atoms with Crippen molar-refractivity contribution in [3.8, 4) is 0 Å². The topological polar surface area (TPSA) is 15.8 Å². The maximum absolute atomic E-state index is 3.40. The second-order valence-corrected chi connectivity index (χ2v) is 5.92. The first-order valence-corrected chi connectivity index (χ1v) is 7.40. The number of rotatable bonds is 4. The van der Waals surface area contributed by atoms with Crippen LogP contribution in [-0.2, 0) is 0 Å². The molecule has 1 aromatic carbocycles. The van der Waals surface area contributed by atoms with Gasteiger partial charge in [-0.1, -0.05) is 50.8 Å². The number of hydrogen-bond acceptors (Lipinski definition) is 0. The van der Waals surface area contributed by atoms with Crippen LogP contribution in [-0.4, -0.2) is 4.98 Å². The van der Waals surface area contributed by atoms with Crippen molar-refractivity contribution in [2.45, 2.75) is 51.4 Å². The summed E-state index contributed by atoms with van der Waals surface area (Å²) in [5.74, 6) is 1.69. The highest BCUT2D eigenvalue weighted by Gasteiger charge is 2.17. The fourth-order valence-corrected chi connectivity index (χ4v) is 3.44. The van der Waals surface area contributed by atoms with Gasteiger partial charge in [0.2, 0.25) is 0 Å². The van der Waals surface area contributed by atoms with Crippen molar-refractivity contribution in [3.63, 3.8) is 0 Å². The molecule has 0 amide bonds. The van der Waals surface area contributed by atoms with Crippen molar-refractivity contribution >= 4 is 10.9 Å². The maximum Gasteiger partial charge on any atom is 0.0456 e. The molecule has 1 heterocycles. The summed E-state index contributed by atoms with van der Waals surface area (Å²) in [4.78, 5) is 3.40. The lowest BCUT2D eigenvalue weighted by molar-refractivity contribution is 0.461. The second-order valence-electron chi connectivity index (χ2n) is 5.92. The van der Waals surface area contributed by atoms with Gasteiger partial charge in [-0.2, -0.15) is 0 Å². The average molecular weight is 241 g/mol. The standard InChI is InChI=1S/C17H23N/c1-13(10-11-14-6-2-3-7-14)16-12-18-17-9-5-4-8-15(16)17/h4-5,8-9,12-14,18H,2-3,6-7,10-11H2,1H3. The van der Waals surface area contributed by atoms with Gasteiger partial charge in [0.05, 0.1) is 0 Å². The Morgan fingerprint density at radius 3 is 2.83 bits per heavy atom. The molecular weight excluding hydrogens is 218 g/mol. The highest BCUT2D eigenvalue weighted by molar-refractivity contribution is 5.83. The molecule has 1 nitrogen and oxygen atoms in total. The quantitative estimate of drug-likeness (QED) is 0.753. The molecule has 1 saturated carbocycles. The molecule has 96 valence electrons. The normalized spacial score (nSPS) is 18.5. The number of benzene rings is 1. The third-order valence-corrected chi connectivity index (χ3v) is 4.63. The van der Waals surface area contributed by atoms with Gasteiger partial charge in [0, 0.05) is 17.1 Å². The molecule has 1 atom stereocenters. The summed E-state index contributed by atoms with van der Waals surface area (Å²) in [6.45, 7) is 2.38. The lowest BCUT2D eigenvalue weighted by atomic mass is 9.91. The van der Waals surface area contributed by atoms with E-state index in [9.17, 15) is 0 Å². The number of nitrogens with one attached hydrogen (secondary N) is 1. The number of para-hydroxylation sites is 1. The van der Waals surface area contributed by atoms with E-state index >= 15 is 0 Å². The molecular formula is C17H23N. The molecule has 1 heteroatoms. The van der Waals surface area contributed by atoms with E-state index in [1.807, 2.05) is 0 Å². The Morgan fingerprint density at radius 1 is 1.22 bits per heavy atom. The molecule has 1 fully saturated rings. The molecule has 1 aromatic heterocycles. The SMILES string of the molecule is CC(CCC1CCCC1)c1c[nH]c2ccccc12. The summed E-state index contributed by atoms with van der Waals surface area (Å²) in [6, 6.07) is 8.66. The fraction of sp³-hybridized carbons (Fsp3) is 0.529. The summed E-state index contributed by atoms with van der Waals surface area (Å²) < 4.78 is 0. The molecule has 0 bridgehead atoms. The van der Waals surface area contributed by atoms with Crippen LogP contribution in [0, 0.1) is 5.92 Å². The van der Waals surface area contributed by atoms with Crippen LogP contribution in [0.5, 0.6) is 0 Å². The van der Waals surface area contributed by atoms with E-state index in [0.717, 1.165) is 5.92 Å². The fourth-order valence-electron chi connectivity index (χ4n) is 3.44. The van der Waals surface area contributed by atoms with Crippen LogP contribution < -0.4 is 0 Å². The lowest BCUT2D eigenvalue weighted by Gasteiger charge is -2.14. The van der Waals surface area contributed by atoms with Gasteiger partial charge in [-0.05, 0) is 36.3 Å². The van der Waals surface area contributed by atoms with Gasteiger partial charge >= 0.3 is 0 Å². The van der Waals surface area contributed by atoms with Crippen LogP contribution in [0.15, 0.2) is 30.5 Å². The summed E-state index contributed by atoms with van der Waals surface area (Å²) in [5.41, 5.74) is 2.78. The Labute approximate surface area is 110 Å². The van der Waals surface area contributed by atoms with Gasteiger partial charge < -0.3 is 4.98 Å². The molecule has 2 aromatic rings. The molecule has 1 unspecified atom stereocenters. The van der Waals surface area contributed by atoms with E-state index < -0.39 is 0 Å². The average Bonchev–Trinajstić information content (AvgIpc) is 3.05. The molecule has 18 heavy (non-hydrogen) atoms. The van der Waals surface area contributed by atoms with Crippen LogP contribution in [0.1, 0.15) is 56.9 Å². The number of hydrogen-bond donors (Lipinski definition) is 1. The van der Waals surface area contributed by atoms with Crippen LogP contribution in [0.25, 0.3) is 10.9 Å². The Balaban J connectivity index is 1.69. The van der Waals surface area contributed by atoms with Crippen molar-refractivity contribution in [2.75, 3.05) is 0 Å². The van der Waals surface area contributed by atoms with Crippen LogP contribution in [0.2, 0.25) is 0 Å². The van der Waals surface area contributed by atoms with Crippen molar-refractivity contribution < 1.29 is 0 Å². The van der Waals surface area contributed by atoms with E-state index in [0.29, 0.717) is 5.92 Å². The smallest absolute Gasteiger partial charge is 0.0456 e. The van der Waals surface area contributed by atoms with Crippen molar-refractivity contribution in [3.05, 3.63) is 36.0 Å². The van der Waals surface area contributed by atoms with Crippen LogP contribution in [0.4, 0.5) is 0 Å². The van der Waals surface area contributed by atoms with Crippen molar-refractivity contribution in [1.29, 1.82) is 0 Å². The zero-order valence-corrected chi connectivity index (χ0v) is 11.3. The van der Waals surface area contributed by atoms with Crippen molar-refractivity contribution in [1.82, 2.24) is 4.98 Å². The predicted octanol–water partition coefficient (Wildman–Crippen LogP) is 5.24. The minimum absolute atomic E-state index is 0.682. The molecule has 1 N–H and O–H groups in total. The Bertz CT molecular complexity index is 505. The van der Waals surface area contributed by atoms with Crippen LogP contribution in [0.3, 0.4) is 0 Å². The maximum atomic E-state index is 3.40. The molecule has 0 radical (unpaired) electrons. The number of fused-ring (bicyclic) bond motifs is 1. The molecule has 0 saturated heterocycles. The molecule has 3 rings (SSSR count). The number of H-pyrrole nitrogens is 1. The Hall–Kier alpha value is -1.24. The van der Waals surface area contributed by atoms with E-state index in [1.54, 1.807) is 0 Å². The Morgan fingerprint density at radius 2 is 2.00 bits per heavy atom. The minimum atomic E-state index is 0.682. The van der Waals surface area contributed by atoms with Gasteiger partial charge in [-0.25, -0.2) is 0 Å². The third-order valence-electron chi connectivity index (χ3n) is 4.63. The second kappa shape index (κ2) is 5.17. The zero-order valence-electron chi connectivity index (χ0n) is 11.3. The van der Waals surface area contributed by atoms with E-state index in [1.165, 1.54) is 55.0 Å². The first-order valence-electron chi connectivity index (χ1n) is 7.40. The van der Waals surface area contributed by atoms with E-state index in [-0.39, 0.29) is 0 Å². The zero-order chi connectivity index (χ0) is 12.4. The molecule has 0 spiro atoms. The highest BCUT2D eigenvalue weighted by atomic mass is 14.7. The first kappa shape index (κ1) is 11.8. The van der Waals surface area contributed by atoms with Gasteiger partial charge in [-0.15, -0.1) is 0 Å². The van der Waals surface area contributed by atoms with Crippen LogP contribution >= 0.6 is 0 Å². The van der Waals surface area contributed by atoms with Gasteiger partial charge in [0.1, 0.15) is 0 Å². The summed E-state index contributed by atoms with van der Waals surface area (Å²) >= 11 is 0. The summed E-state index contributed by atoms with van der Waals surface area (Å²) in [6.07, 6.45) is 10.8. The van der Waals surface area contributed by atoms with Gasteiger partial charge in [0.15, 0.2) is 0 Å². The van der Waals surface area contributed by atoms with Gasteiger partial charge in [0.25, 0.3) is 0 Å². The van der Waals surface area contributed by atoms with Gasteiger partial charge in [-0.3, -0.25) is 0 Å². The minimum Gasteiger partial charge on any atom is -0.361 e. The first-order chi connectivity index (χ1) is 8.84. The Kier molecular flexibility index (Phi) is 3.40. The van der Waals surface area contributed by atoms with E-state index in [4.69, 9.17) is 0 Å². The summed E-state index contributed by atoms with van der Waals surface area (Å²) in [7, 11) is 0. The molecule has 1 aliphatic carbocycles. The summed E-state index contributed by atoms with van der Waals surface area (Å²) in [5, 5.41) is 1.41. The number of aromatic amines is 1. The van der Waals surface area contributed by atoms with E-state index in [2.05, 4.69) is 42.4 Å². The highest BCUT2D eigenvalue weighted by Crippen LogP contribution is 2.34. The lowest BCUT2D eigenvalue weighted by Crippen LogP contribution is -1.98. The largest absolute Gasteiger partial charge is 0.361 e. The monoisotopic (exact) mass is 241 g/mol. The number of aromatic nitrogens is 1. The molecule has 0 aliphatic heterocycles.